The third kappa shape index (κ3) is 4.23. The smallest absolute Gasteiger partial charge is 0.261 e. The van der Waals surface area contributed by atoms with Gasteiger partial charge in [-0.2, -0.15) is 0 Å². The number of benzene rings is 2. The number of hydrogen-bond acceptors (Lipinski definition) is 5. The Morgan fingerprint density at radius 2 is 1.76 bits per heavy atom. The number of hydrogen-bond donors (Lipinski definition) is 1. The number of ether oxygens (including phenoxy) is 2. The quantitative estimate of drug-likeness (QED) is 0.732. The summed E-state index contributed by atoms with van der Waals surface area (Å²) in [4.78, 5) is 16.5. The van der Waals surface area contributed by atoms with Crippen molar-refractivity contribution in [3.8, 4) is 11.5 Å². The zero-order valence-corrected chi connectivity index (χ0v) is 17.8. The third-order valence-electron chi connectivity index (χ3n) is 5.29. The van der Waals surface area contributed by atoms with Crippen molar-refractivity contribution in [1.29, 1.82) is 0 Å². The summed E-state index contributed by atoms with van der Waals surface area (Å²) in [7, 11) is 1.57. The molecule has 1 N–H and O–H groups in total. The number of methoxy groups -OCH3 is 1. The van der Waals surface area contributed by atoms with Crippen LogP contribution >= 0.6 is 0 Å². The largest absolute Gasteiger partial charge is 0.493 e. The first-order valence-corrected chi connectivity index (χ1v) is 10.0. The Bertz CT molecular complexity index is 858. The van der Waals surface area contributed by atoms with Gasteiger partial charge in [0.2, 0.25) is 0 Å². The lowest BCUT2D eigenvalue weighted by atomic mass is 10.1. The Morgan fingerprint density at radius 1 is 1.07 bits per heavy atom. The van der Waals surface area contributed by atoms with Crippen molar-refractivity contribution < 1.29 is 19.4 Å². The fourth-order valence-corrected chi connectivity index (χ4v) is 3.85. The molecule has 0 bridgehead atoms. The SMILES string of the molecule is COc1cc(N2C(=O)c3ccccc3C2O)ccc1OCCN(C(C)C)C(C)C. The van der Waals surface area contributed by atoms with Gasteiger partial charge in [-0.1, -0.05) is 18.2 Å². The van der Waals surface area contributed by atoms with E-state index in [0.29, 0.717) is 47.0 Å². The Hall–Kier alpha value is -2.57. The van der Waals surface area contributed by atoms with Crippen LogP contribution in [0.2, 0.25) is 0 Å². The molecule has 0 aliphatic carbocycles. The van der Waals surface area contributed by atoms with Crippen molar-refractivity contribution in [2.24, 2.45) is 0 Å². The highest BCUT2D eigenvalue weighted by atomic mass is 16.5. The topological polar surface area (TPSA) is 62.2 Å². The Labute approximate surface area is 172 Å². The molecule has 6 nitrogen and oxygen atoms in total. The summed E-state index contributed by atoms with van der Waals surface area (Å²) in [5.41, 5.74) is 1.69. The zero-order chi connectivity index (χ0) is 21.1. The van der Waals surface area contributed by atoms with Crippen molar-refractivity contribution in [3.63, 3.8) is 0 Å². The van der Waals surface area contributed by atoms with Crippen molar-refractivity contribution in [2.75, 3.05) is 25.2 Å². The lowest BCUT2D eigenvalue weighted by Crippen LogP contribution is -2.39. The van der Waals surface area contributed by atoms with Crippen LogP contribution in [0.3, 0.4) is 0 Å². The molecule has 1 atom stereocenters. The number of fused-ring (bicyclic) bond motifs is 1. The van der Waals surface area contributed by atoms with Crippen LogP contribution in [-0.2, 0) is 0 Å². The van der Waals surface area contributed by atoms with Gasteiger partial charge >= 0.3 is 0 Å². The first-order valence-electron chi connectivity index (χ1n) is 10.0. The number of anilines is 1. The van der Waals surface area contributed by atoms with Crippen LogP contribution in [0.25, 0.3) is 0 Å². The molecule has 1 heterocycles. The third-order valence-corrected chi connectivity index (χ3v) is 5.29. The molecule has 2 aromatic rings. The molecule has 6 heteroatoms. The second-order valence-electron chi connectivity index (χ2n) is 7.75. The summed E-state index contributed by atoms with van der Waals surface area (Å²) in [5.74, 6) is 0.912. The monoisotopic (exact) mass is 398 g/mol. The van der Waals surface area contributed by atoms with Gasteiger partial charge in [0, 0.05) is 35.8 Å². The van der Waals surface area contributed by atoms with E-state index in [9.17, 15) is 9.90 Å². The summed E-state index contributed by atoms with van der Waals surface area (Å²) >= 11 is 0. The van der Waals surface area contributed by atoms with Crippen molar-refractivity contribution in [2.45, 2.75) is 46.0 Å². The van der Waals surface area contributed by atoms with E-state index in [-0.39, 0.29) is 5.91 Å². The van der Waals surface area contributed by atoms with Gasteiger partial charge in [0.15, 0.2) is 17.7 Å². The van der Waals surface area contributed by atoms with E-state index in [1.165, 1.54) is 4.90 Å². The molecular formula is C23H30N2O4. The molecule has 0 radical (unpaired) electrons. The number of rotatable bonds is 8. The summed E-state index contributed by atoms with van der Waals surface area (Å²) in [6, 6.07) is 13.3. The van der Waals surface area contributed by atoms with Crippen molar-refractivity contribution in [1.82, 2.24) is 4.90 Å². The number of nitrogens with zero attached hydrogens (tertiary/aromatic N) is 2. The van der Waals surface area contributed by atoms with Crippen LogP contribution in [0.4, 0.5) is 5.69 Å². The van der Waals surface area contributed by atoms with Gasteiger partial charge in [0.1, 0.15) is 6.61 Å². The molecule has 2 aromatic carbocycles. The van der Waals surface area contributed by atoms with Crippen LogP contribution in [0, 0.1) is 0 Å². The van der Waals surface area contributed by atoms with Gasteiger partial charge in [-0.25, -0.2) is 0 Å². The first-order chi connectivity index (χ1) is 13.8. The van der Waals surface area contributed by atoms with Crippen molar-refractivity contribution in [3.05, 3.63) is 53.6 Å². The molecule has 0 aromatic heterocycles. The molecule has 1 aliphatic rings. The Morgan fingerprint density at radius 3 is 2.38 bits per heavy atom. The number of amides is 1. The van der Waals surface area contributed by atoms with Crippen LogP contribution in [0.1, 0.15) is 49.8 Å². The van der Waals surface area contributed by atoms with E-state index < -0.39 is 6.23 Å². The standard InChI is InChI=1S/C23H30N2O4/c1-15(2)24(16(3)4)12-13-29-20-11-10-17(14-21(20)28-5)25-22(26)18-8-6-7-9-19(18)23(25)27/h6-11,14-16,22,26H,12-13H2,1-5H3. The Balaban J connectivity index is 1.75. The molecule has 1 unspecified atom stereocenters. The second-order valence-corrected chi connectivity index (χ2v) is 7.75. The molecule has 0 saturated heterocycles. The highest BCUT2D eigenvalue weighted by Gasteiger charge is 2.36. The molecule has 1 aliphatic heterocycles. The fraction of sp³-hybridized carbons (Fsp3) is 0.435. The molecule has 0 fully saturated rings. The number of carbonyl (C=O) groups excluding carboxylic acids is 1. The second kappa shape index (κ2) is 8.84. The number of aliphatic hydroxyl groups is 1. The molecular weight excluding hydrogens is 368 g/mol. The van der Waals surface area contributed by atoms with E-state index in [1.54, 1.807) is 43.5 Å². The summed E-state index contributed by atoms with van der Waals surface area (Å²) in [6.07, 6.45) is -1.01. The molecule has 29 heavy (non-hydrogen) atoms. The normalized spacial score (nSPS) is 16.1. The summed E-state index contributed by atoms with van der Waals surface area (Å²) < 4.78 is 11.4. The maximum atomic E-state index is 12.8. The van der Waals surface area contributed by atoms with Gasteiger partial charge in [0.25, 0.3) is 5.91 Å². The molecule has 3 rings (SSSR count). The van der Waals surface area contributed by atoms with E-state index in [1.807, 2.05) is 6.07 Å². The Kier molecular flexibility index (Phi) is 6.45. The average Bonchev–Trinajstić information content (AvgIpc) is 2.95. The van der Waals surface area contributed by atoms with Crippen molar-refractivity contribution >= 4 is 11.6 Å². The predicted molar refractivity (Wildman–Crippen MR) is 114 cm³/mol. The molecule has 156 valence electrons. The molecule has 0 saturated carbocycles. The number of aliphatic hydroxyl groups excluding tert-OH is 1. The maximum absolute atomic E-state index is 12.8. The summed E-state index contributed by atoms with van der Waals surface area (Å²) in [5, 5.41) is 10.6. The number of carbonyl (C=O) groups is 1. The van der Waals surface area contributed by atoms with Gasteiger partial charge in [-0.3, -0.25) is 14.6 Å². The van der Waals surface area contributed by atoms with E-state index >= 15 is 0 Å². The van der Waals surface area contributed by atoms with Crippen LogP contribution in [0.15, 0.2) is 42.5 Å². The molecule has 0 spiro atoms. The lowest BCUT2D eigenvalue weighted by molar-refractivity contribution is 0.0935. The molecule has 1 amide bonds. The minimum absolute atomic E-state index is 0.228. The first kappa shape index (κ1) is 21.1. The van der Waals surface area contributed by atoms with Crippen LogP contribution < -0.4 is 14.4 Å². The average molecular weight is 399 g/mol. The minimum atomic E-state index is -1.01. The lowest BCUT2D eigenvalue weighted by Gasteiger charge is -2.30. The van der Waals surface area contributed by atoms with Gasteiger partial charge in [-0.15, -0.1) is 0 Å². The van der Waals surface area contributed by atoms with Gasteiger partial charge in [-0.05, 0) is 45.9 Å². The van der Waals surface area contributed by atoms with E-state index in [4.69, 9.17) is 9.47 Å². The van der Waals surface area contributed by atoms with Gasteiger partial charge < -0.3 is 14.6 Å². The van der Waals surface area contributed by atoms with E-state index in [0.717, 1.165) is 6.54 Å². The highest BCUT2D eigenvalue weighted by molar-refractivity contribution is 6.10. The predicted octanol–water partition coefficient (Wildman–Crippen LogP) is 3.84. The zero-order valence-electron chi connectivity index (χ0n) is 17.8. The minimum Gasteiger partial charge on any atom is -0.493 e. The van der Waals surface area contributed by atoms with E-state index in [2.05, 4.69) is 32.6 Å². The highest BCUT2D eigenvalue weighted by Crippen LogP contribution is 2.39. The van der Waals surface area contributed by atoms with Crippen LogP contribution in [-0.4, -0.2) is 48.3 Å². The van der Waals surface area contributed by atoms with Gasteiger partial charge in [0.05, 0.1) is 12.8 Å². The van der Waals surface area contributed by atoms with Crippen LogP contribution in [0.5, 0.6) is 11.5 Å². The maximum Gasteiger partial charge on any atom is 0.261 e. The fourth-order valence-electron chi connectivity index (χ4n) is 3.85. The summed E-state index contributed by atoms with van der Waals surface area (Å²) in [6.45, 7) is 10.0.